The van der Waals surface area contributed by atoms with Gasteiger partial charge in [-0.05, 0) is 82.5 Å². The maximum Gasteiger partial charge on any atom is 0.182 e. The van der Waals surface area contributed by atoms with Crippen LogP contribution in [0.1, 0.15) is 68.0 Å². The molecule has 2 N–H and O–H groups in total. The minimum atomic E-state index is 0.0525. The molecule has 0 amide bonds. The third-order valence-electron chi connectivity index (χ3n) is 3.09. The minimum Gasteiger partial charge on any atom is -0.449 e. The molecule has 0 aliphatic heterocycles. The van der Waals surface area contributed by atoms with E-state index in [1.165, 1.54) is 35.2 Å². The lowest BCUT2D eigenvalue weighted by molar-refractivity contribution is 0.408. The average molecular weight is 452 g/mol. The molecule has 0 bridgehead atoms. The average Bonchev–Trinajstić information content (AvgIpc) is 3.27. The van der Waals surface area contributed by atoms with E-state index in [-0.39, 0.29) is 11.1 Å². The lowest BCUT2D eigenvalue weighted by Gasteiger charge is -2.20. The lowest BCUT2D eigenvalue weighted by Crippen LogP contribution is -2.26. The Labute approximate surface area is 189 Å². The maximum atomic E-state index is 4.79. The van der Waals surface area contributed by atoms with Crippen molar-refractivity contribution in [3.63, 3.8) is 0 Å². The molecule has 0 saturated heterocycles. The van der Waals surface area contributed by atoms with Crippen molar-refractivity contribution in [3.05, 3.63) is 41.4 Å². The normalized spacial score (nSPS) is 11.6. The smallest absolute Gasteiger partial charge is 0.182 e. The minimum absolute atomic E-state index is 0.0525. The van der Waals surface area contributed by atoms with Gasteiger partial charge in [0.05, 0.1) is 17.6 Å². The van der Waals surface area contributed by atoms with E-state index in [0.29, 0.717) is 5.41 Å². The summed E-state index contributed by atoms with van der Waals surface area (Å²) in [5.41, 5.74) is 2.89. The van der Waals surface area contributed by atoms with Gasteiger partial charge in [-0.25, -0.2) is 0 Å². The van der Waals surface area contributed by atoms with Crippen LogP contribution < -0.4 is 10.6 Å². The van der Waals surface area contributed by atoms with Crippen molar-refractivity contribution in [2.24, 2.45) is 5.41 Å². The van der Waals surface area contributed by atoms with Gasteiger partial charge in [0.1, 0.15) is 6.26 Å². The fourth-order valence-electron chi connectivity index (χ4n) is 2.23. The number of nitrogens with zero attached hydrogens (tertiary/aromatic N) is 3. The fraction of sp³-hybridized carbons (Fsp3) is 0.591. The standard InChI is InChI=1S/C8H13NS.C7H12N2O.C7H12N2S/c1-8(2,3)6-7-4-5-10-9-7;1-7(2,3)9-6-4-10-5-8-6;1-7(2,3)9-6-4-8-10-5-6/h4-5H,6H2,1-3H3;2*4-5,9H,1-3H3. The lowest BCUT2D eigenvalue weighted by atomic mass is 9.91. The summed E-state index contributed by atoms with van der Waals surface area (Å²) in [6.45, 7) is 19.3. The van der Waals surface area contributed by atoms with Gasteiger partial charge in [-0.1, -0.05) is 20.8 Å². The number of anilines is 2. The van der Waals surface area contributed by atoms with Crippen LogP contribution >= 0.6 is 23.1 Å². The van der Waals surface area contributed by atoms with Crippen molar-refractivity contribution in [1.82, 2.24) is 13.7 Å². The Morgan fingerprint density at radius 2 is 1.60 bits per heavy atom. The summed E-state index contributed by atoms with van der Waals surface area (Å²) in [5.74, 6) is 0.785. The van der Waals surface area contributed by atoms with E-state index in [2.05, 4.69) is 92.7 Å². The van der Waals surface area contributed by atoms with E-state index in [4.69, 9.17) is 4.42 Å². The summed E-state index contributed by atoms with van der Waals surface area (Å²) < 4.78 is 13.0. The molecule has 3 aromatic heterocycles. The first-order valence-corrected chi connectivity index (χ1v) is 11.6. The van der Waals surface area contributed by atoms with E-state index in [9.17, 15) is 0 Å². The monoisotopic (exact) mass is 451 g/mol. The third kappa shape index (κ3) is 14.1. The highest BCUT2D eigenvalue weighted by atomic mass is 32.1. The Kier molecular flexibility index (Phi) is 9.97. The Bertz CT molecular complexity index is 668. The highest BCUT2D eigenvalue weighted by Gasteiger charge is 2.12. The summed E-state index contributed by atoms with van der Waals surface area (Å²) in [4.78, 5) is 3.92. The van der Waals surface area contributed by atoms with Gasteiger partial charge in [0, 0.05) is 21.8 Å². The summed E-state index contributed by atoms with van der Waals surface area (Å²) in [5, 5.41) is 10.5. The van der Waals surface area contributed by atoms with E-state index in [1.807, 2.05) is 17.0 Å². The molecule has 8 heteroatoms. The Hall–Kier alpha value is -1.93. The van der Waals surface area contributed by atoms with Crippen LogP contribution in [0.15, 0.2) is 40.1 Å². The molecule has 0 unspecified atom stereocenters. The highest BCUT2D eigenvalue weighted by Crippen LogP contribution is 2.19. The van der Waals surface area contributed by atoms with Crippen LogP contribution in [0.2, 0.25) is 0 Å². The number of rotatable bonds is 3. The largest absolute Gasteiger partial charge is 0.449 e. The van der Waals surface area contributed by atoms with Crippen LogP contribution in [0.25, 0.3) is 0 Å². The quantitative estimate of drug-likeness (QED) is 0.448. The molecule has 168 valence electrons. The van der Waals surface area contributed by atoms with Gasteiger partial charge < -0.3 is 15.1 Å². The van der Waals surface area contributed by atoms with Gasteiger partial charge in [0.15, 0.2) is 12.2 Å². The second-order valence-corrected chi connectivity index (χ2v) is 11.6. The Morgan fingerprint density at radius 3 is 2.00 bits per heavy atom. The summed E-state index contributed by atoms with van der Waals surface area (Å²) in [7, 11) is 0. The third-order valence-corrected chi connectivity index (χ3v) is 4.27. The number of nitrogens with one attached hydrogen (secondary N) is 2. The topological polar surface area (TPSA) is 75.9 Å². The predicted molar refractivity (Wildman–Crippen MR) is 131 cm³/mol. The van der Waals surface area contributed by atoms with Crippen LogP contribution in [-0.2, 0) is 6.42 Å². The maximum absolute atomic E-state index is 4.79. The van der Waals surface area contributed by atoms with E-state index in [1.54, 1.807) is 6.26 Å². The van der Waals surface area contributed by atoms with Crippen LogP contribution in [0, 0.1) is 5.41 Å². The molecule has 0 aromatic carbocycles. The molecule has 3 rings (SSSR count). The molecule has 0 radical (unpaired) electrons. The van der Waals surface area contributed by atoms with Crippen molar-refractivity contribution in [1.29, 1.82) is 0 Å². The van der Waals surface area contributed by atoms with Crippen molar-refractivity contribution in [2.45, 2.75) is 79.8 Å². The van der Waals surface area contributed by atoms with Crippen molar-refractivity contribution >= 4 is 34.6 Å². The molecule has 0 saturated carbocycles. The predicted octanol–water partition coefficient (Wildman–Crippen LogP) is 6.97. The zero-order valence-corrected chi connectivity index (χ0v) is 21.4. The molecule has 0 spiro atoms. The first kappa shape index (κ1) is 26.1. The molecule has 3 heterocycles. The second kappa shape index (κ2) is 11.5. The van der Waals surface area contributed by atoms with E-state index < -0.39 is 0 Å². The van der Waals surface area contributed by atoms with Gasteiger partial charge in [0.25, 0.3) is 0 Å². The Balaban J connectivity index is 0.000000225. The molecule has 3 aromatic rings. The summed E-state index contributed by atoms with van der Waals surface area (Å²) in [6, 6.07) is 2.09. The van der Waals surface area contributed by atoms with Crippen LogP contribution in [0.5, 0.6) is 0 Å². The van der Waals surface area contributed by atoms with Crippen molar-refractivity contribution in [3.8, 4) is 0 Å². The summed E-state index contributed by atoms with van der Waals surface area (Å²) in [6.07, 6.45) is 5.92. The Morgan fingerprint density at radius 1 is 0.933 bits per heavy atom. The fourth-order valence-corrected chi connectivity index (χ4v) is 3.24. The van der Waals surface area contributed by atoms with Gasteiger partial charge in [0.2, 0.25) is 0 Å². The zero-order valence-electron chi connectivity index (χ0n) is 19.7. The molecule has 6 nitrogen and oxygen atoms in total. The van der Waals surface area contributed by atoms with Crippen LogP contribution in [0.4, 0.5) is 11.5 Å². The SMILES string of the molecule is CC(C)(C)Cc1ccsn1.CC(C)(C)Nc1cnsc1.CC(C)(C)Nc1cocn1. The van der Waals surface area contributed by atoms with Crippen LogP contribution in [-0.4, -0.2) is 24.8 Å². The zero-order chi connectivity index (χ0) is 22.8. The second-order valence-electron chi connectivity index (χ2n) is 10.3. The van der Waals surface area contributed by atoms with Crippen LogP contribution in [0.3, 0.4) is 0 Å². The van der Waals surface area contributed by atoms with Gasteiger partial charge in [-0.15, -0.1) is 0 Å². The molecule has 0 fully saturated rings. The van der Waals surface area contributed by atoms with Gasteiger partial charge in [-0.2, -0.15) is 13.7 Å². The molecular weight excluding hydrogens is 414 g/mol. The molecule has 0 aliphatic carbocycles. The first-order chi connectivity index (χ1) is 13.7. The number of hydrogen-bond donors (Lipinski definition) is 2. The molecule has 0 aliphatic rings. The molecule has 30 heavy (non-hydrogen) atoms. The van der Waals surface area contributed by atoms with Gasteiger partial charge >= 0.3 is 0 Å². The number of oxazole rings is 1. The van der Waals surface area contributed by atoms with Crippen molar-refractivity contribution < 1.29 is 4.42 Å². The van der Waals surface area contributed by atoms with Crippen molar-refractivity contribution in [2.75, 3.05) is 10.6 Å². The van der Waals surface area contributed by atoms with E-state index >= 15 is 0 Å². The first-order valence-electron chi connectivity index (χ1n) is 9.97. The van der Waals surface area contributed by atoms with E-state index in [0.717, 1.165) is 17.9 Å². The van der Waals surface area contributed by atoms with Gasteiger partial charge in [-0.3, -0.25) is 0 Å². The molecule has 0 atom stereocenters. The number of aromatic nitrogens is 3. The molecular formula is C22H37N5OS2. The number of hydrogen-bond acceptors (Lipinski definition) is 8. The highest BCUT2D eigenvalue weighted by molar-refractivity contribution is 7.04. The summed E-state index contributed by atoms with van der Waals surface area (Å²) >= 11 is 3.00.